The number of hydrogen-bond acceptors (Lipinski definition) is 6. The Kier molecular flexibility index (Phi) is 3.35. The lowest BCUT2D eigenvalue weighted by atomic mass is 10.2. The molecule has 0 aliphatic heterocycles. The van der Waals surface area contributed by atoms with Gasteiger partial charge >= 0.3 is 0 Å². The van der Waals surface area contributed by atoms with E-state index in [1.165, 1.54) is 29.3 Å². The van der Waals surface area contributed by atoms with Crippen molar-refractivity contribution in [2.75, 3.05) is 6.26 Å². The zero-order chi connectivity index (χ0) is 14.0. The molecule has 0 spiro atoms. The van der Waals surface area contributed by atoms with Gasteiger partial charge in [0.25, 0.3) is 5.69 Å². The van der Waals surface area contributed by atoms with Crippen LogP contribution in [0.1, 0.15) is 5.56 Å². The van der Waals surface area contributed by atoms with Crippen LogP contribution in [0.4, 0.5) is 5.69 Å². The highest BCUT2D eigenvalue weighted by Gasteiger charge is 2.20. The zero-order valence-electron chi connectivity index (χ0n) is 9.68. The summed E-state index contributed by atoms with van der Waals surface area (Å²) in [6, 6.07) is 5.81. The van der Waals surface area contributed by atoms with E-state index in [1.54, 1.807) is 0 Å². The summed E-state index contributed by atoms with van der Waals surface area (Å²) in [5.41, 5.74) is 0.0624. The van der Waals surface area contributed by atoms with Crippen LogP contribution in [0.2, 0.25) is 0 Å². The van der Waals surface area contributed by atoms with Crippen molar-refractivity contribution in [3.63, 3.8) is 0 Å². The molecule has 19 heavy (non-hydrogen) atoms. The topological polar surface area (TPSA) is 115 Å². The molecule has 2 rings (SSSR count). The first-order valence-corrected chi connectivity index (χ1v) is 6.52. The number of benzene rings is 1. The second-order valence-electron chi connectivity index (χ2n) is 3.51. The first-order chi connectivity index (χ1) is 9.04. The van der Waals surface area contributed by atoms with Crippen molar-refractivity contribution in [1.82, 2.24) is 14.8 Å². The fourth-order valence-corrected chi connectivity index (χ4v) is 2.11. The van der Waals surface area contributed by atoms with Crippen LogP contribution in [-0.4, -0.2) is 30.2 Å². The van der Waals surface area contributed by atoms with Crippen LogP contribution >= 0.6 is 0 Å². The molecule has 8 nitrogen and oxygen atoms in total. The van der Waals surface area contributed by atoms with Crippen molar-refractivity contribution >= 4 is 16.5 Å². The average molecular weight is 277 g/mol. The molecule has 0 bridgehead atoms. The maximum atomic E-state index is 11.5. The molecule has 0 radical (unpaired) electrons. The number of nitro groups is 1. The van der Waals surface area contributed by atoms with Gasteiger partial charge in [0.1, 0.15) is 12.0 Å². The summed E-state index contributed by atoms with van der Waals surface area (Å²) in [7, 11) is -1.44. The Morgan fingerprint density at radius 3 is 2.84 bits per heavy atom. The molecule has 0 saturated heterocycles. The third kappa shape index (κ3) is 2.34. The van der Waals surface area contributed by atoms with E-state index in [0.717, 1.165) is 6.07 Å². The van der Waals surface area contributed by atoms with E-state index in [0.29, 0.717) is 0 Å². The number of nitrogens with zero attached hydrogens (tertiary/aromatic N) is 5. The molecule has 1 aromatic carbocycles. The van der Waals surface area contributed by atoms with Gasteiger partial charge in [0.2, 0.25) is 5.16 Å². The Labute approximate surface area is 109 Å². The highest BCUT2D eigenvalue weighted by molar-refractivity contribution is 7.84. The van der Waals surface area contributed by atoms with E-state index in [9.17, 15) is 14.3 Å². The summed E-state index contributed by atoms with van der Waals surface area (Å²) in [4.78, 5) is 10.4. The van der Waals surface area contributed by atoms with Crippen molar-refractivity contribution in [2.45, 2.75) is 5.16 Å². The van der Waals surface area contributed by atoms with Crippen molar-refractivity contribution in [3.8, 4) is 11.8 Å². The molecule has 0 aliphatic carbocycles. The molecule has 1 atom stereocenters. The Bertz CT molecular complexity index is 718. The smallest absolute Gasteiger partial charge is 0.268 e. The number of rotatable bonds is 3. The third-order valence-corrected chi connectivity index (χ3v) is 3.13. The molecule has 2 aromatic rings. The first-order valence-electron chi connectivity index (χ1n) is 4.97. The molecule has 9 heteroatoms. The first kappa shape index (κ1) is 12.8. The molecule has 1 aromatic heterocycles. The monoisotopic (exact) mass is 277 g/mol. The molecule has 0 N–H and O–H groups in total. The number of aromatic nitrogens is 3. The summed E-state index contributed by atoms with van der Waals surface area (Å²) >= 11 is 0. The summed E-state index contributed by atoms with van der Waals surface area (Å²) in [5, 5.41) is 27.1. The van der Waals surface area contributed by atoms with Gasteiger partial charge in [-0.1, -0.05) is 0 Å². The van der Waals surface area contributed by atoms with E-state index < -0.39 is 15.7 Å². The average Bonchev–Trinajstić information content (AvgIpc) is 2.87. The Balaban J connectivity index is 2.69. The Morgan fingerprint density at radius 1 is 1.53 bits per heavy atom. The standard InChI is InChI=1S/C10H7N5O3S/c1-19(18)10-13-12-6-14(10)8-3-2-7(5-11)4-9(8)15(16)17/h2-4,6H,1H3/t19-/m0/s1. The summed E-state index contributed by atoms with van der Waals surface area (Å²) in [6.07, 6.45) is 2.64. The quantitative estimate of drug-likeness (QED) is 0.605. The van der Waals surface area contributed by atoms with E-state index in [2.05, 4.69) is 10.2 Å². The van der Waals surface area contributed by atoms with Crippen molar-refractivity contribution in [2.24, 2.45) is 0 Å². The van der Waals surface area contributed by atoms with Gasteiger partial charge in [-0.3, -0.25) is 18.9 Å². The SMILES string of the molecule is C[S@](=O)c1nncn1-c1ccc(C#N)cc1[N+](=O)[O-]. The van der Waals surface area contributed by atoms with Crippen LogP contribution in [0.25, 0.3) is 5.69 Å². The van der Waals surface area contributed by atoms with Crippen LogP contribution in [-0.2, 0) is 10.8 Å². The molecule has 96 valence electrons. The molecule has 0 saturated carbocycles. The van der Waals surface area contributed by atoms with Crippen molar-refractivity contribution in [1.29, 1.82) is 5.26 Å². The Morgan fingerprint density at radius 2 is 2.26 bits per heavy atom. The van der Waals surface area contributed by atoms with E-state index in [4.69, 9.17) is 5.26 Å². The Hall–Kier alpha value is -2.60. The van der Waals surface area contributed by atoms with E-state index >= 15 is 0 Å². The fraction of sp³-hybridized carbons (Fsp3) is 0.100. The van der Waals surface area contributed by atoms with Crippen molar-refractivity contribution < 1.29 is 9.13 Å². The minimum absolute atomic E-state index is 0.104. The lowest BCUT2D eigenvalue weighted by molar-refractivity contribution is -0.384. The summed E-state index contributed by atoms with van der Waals surface area (Å²) in [5.74, 6) is 0. The normalized spacial score (nSPS) is 11.8. The van der Waals surface area contributed by atoms with Gasteiger partial charge in [-0.15, -0.1) is 10.2 Å². The third-order valence-electron chi connectivity index (χ3n) is 2.33. The van der Waals surface area contributed by atoms with Gasteiger partial charge in [0.05, 0.1) is 27.4 Å². The zero-order valence-corrected chi connectivity index (χ0v) is 10.5. The lowest BCUT2D eigenvalue weighted by Crippen LogP contribution is -2.05. The summed E-state index contributed by atoms with van der Waals surface area (Å²) < 4.78 is 12.7. The van der Waals surface area contributed by atoms with Crippen LogP contribution in [0.5, 0.6) is 0 Å². The van der Waals surface area contributed by atoms with Gasteiger partial charge in [0, 0.05) is 12.3 Å². The largest absolute Gasteiger partial charge is 0.294 e. The lowest BCUT2D eigenvalue weighted by Gasteiger charge is -2.05. The van der Waals surface area contributed by atoms with Gasteiger partial charge in [-0.25, -0.2) is 0 Å². The number of hydrogen-bond donors (Lipinski definition) is 0. The fourth-order valence-electron chi connectivity index (χ4n) is 1.53. The molecule has 0 fully saturated rings. The van der Waals surface area contributed by atoms with E-state index in [1.807, 2.05) is 6.07 Å². The number of nitro benzene ring substituents is 1. The molecule has 0 amide bonds. The van der Waals surface area contributed by atoms with Crippen LogP contribution < -0.4 is 0 Å². The molecular weight excluding hydrogens is 270 g/mol. The van der Waals surface area contributed by atoms with Gasteiger partial charge in [-0.05, 0) is 12.1 Å². The van der Waals surface area contributed by atoms with Crippen LogP contribution in [0.3, 0.4) is 0 Å². The predicted molar refractivity (Wildman–Crippen MR) is 65.1 cm³/mol. The summed E-state index contributed by atoms with van der Waals surface area (Å²) in [6.45, 7) is 0. The maximum absolute atomic E-state index is 11.5. The van der Waals surface area contributed by atoms with Crippen LogP contribution in [0, 0.1) is 21.4 Å². The second kappa shape index (κ2) is 4.95. The minimum Gasteiger partial charge on any atom is -0.268 e. The highest BCUT2D eigenvalue weighted by Crippen LogP contribution is 2.25. The van der Waals surface area contributed by atoms with Crippen LogP contribution in [0.15, 0.2) is 29.7 Å². The molecule has 1 heterocycles. The predicted octanol–water partition coefficient (Wildman–Crippen LogP) is 0.785. The second-order valence-corrected chi connectivity index (χ2v) is 4.78. The van der Waals surface area contributed by atoms with E-state index in [-0.39, 0.29) is 22.1 Å². The number of nitriles is 1. The minimum atomic E-state index is -1.44. The highest BCUT2D eigenvalue weighted by atomic mass is 32.2. The molecular formula is C10H7N5O3S. The van der Waals surface area contributed by atoms with Gasteiger partial charge in [-0.2, -0.15) is 5.26 Å². The van der Waals surface area contributed by atoms with Crippen molar-refractivity contribution in [3.05, 3.63) is 40.2 Å². The van der Waals surface area contributed by atoms with Gasteiger partial charge in [0.15, 0.2) is 0 Å². The molecule has 0 unspecified atom stereocenters. The van der Waals surface area contributed by atoms with Gasteiger partial charge < -0.3 is 0 Å². The maximum Gasteiger partial charge on any atom is 0.294 e. The molecule has 0 aliphatic rings.